The zero-order chi connectivity index (χ0) is 6.97. The van der Waals surface area contributed by atoms with Gasteiger partial charge in [0.1, 0.15) is 0 Å². The number of halogens is 1. The molecule has 10 heavy (non-hydrogen) atoms. The van der Waals surface area contributed by atoms with Crippen molar-refractivity contribution in [3.63, 3.8) is 0 Å². The molecule has 1 aromatic carbocycles. The van der Waals surface area contributed by atoms with Crippen molar-refractivity contribution >= 4 is 17.7 Å². The van der Waals surface area contributed by atoms with Crippen molar-refractivity contribution in [1.82, 2.24) is 0 Å². The Morgan fingerprint density at radius 1 is 1.30 bits per heavy atom. The number of allylic oxidation sites excluding steroid dienone is 1. The van der Waals surface area contributed by atoms with E-state index in [9.17, 15) is 0 Å². The molecule has 0 heterocycles. The third kappa shape index (κ3) is 0.764. The normalized spacial score (nSPS) is 13.7. The van der Waals surface area contributed by atoms with Crippen molar-refractivity contribution in [2.45, 2.75) is 6.42 Å². The van der Waals surface area contributed by atoms with E-state index < -0.39 is 0 Å². The SMILES string of the molecule is Clc1cccc2c1CC=C2. The molecule has 0 unspecified atom stereocenters. The van der Waals surface area contributed by atoms with Crippen molar-refractivity contribution in [3.8, 4) is 0 Å². The van der Waals surface area contributed by atoms with E-state index in [1.807, 2.05) is 12.1 Å². The summed E-state index contributed by atoms with van der Waals surface area (Å²) in [5.74, 6) is 0. The predicted octanol–water partition coefficient (Wildman–Crippen LogP) is 2.91. The van der Waals surface area contributed by atoms with Crippen molar-refractivity contribution in [2.75, 3.05) is 0 Å². The fraction of sp³-hybridized carbons (Fsp3) is 0.111. The maximum atomic E-state index is 5.93. The largest absolute Gasteiger partial charge is 0.0840 e. The molecule has 0 aromatic heterocycles. The molecule has 1 heteroatoms. The van der Waals surface area contributed by atoms with Crippen LogP contribution in [0, 0.1) is 0 Å². The van der Waals surface area contributed by atoms with Gasteiger partial charge in [0.25, 0.3) is 0 Å². The summed E-state index contributed by atoms with van der Waals surface area (Å²) in [7, 11) is 0. The molecule has 0 fully saturated rings. The van der Waals surface area contributed by atoms with Crippen LogP contribution >= 0.6 is 11.6 Å². The molecule has 1 aliphatic rings. The van der Waals surface area contributed by atoms with Gasteiger partial charge in [-0.25, -0.2) is 0 Å². The van der Waals surface area contributed by atoms with E-state index in [1.54, 1.807) is 0 Å². The molecule has 1 aliphatic carbocycles. The molecule has 2 rings (SSSR count). The van der Waals surface area contributed by atoms with Crippen molar-refractivity contribution < 1.29 is 0 Å². The molecule has 0 atom stereocenters. The van der Waals surface area contributed by atoms with E-state index >= 15 is 0 Å². The minimum atomic E-state index is 0.891. The average molecular weight is 151 g/mol. The molecule has 0 N–H and O–H groups in total. The van der Waals surface area contributed by atoms with Gasteiger partial charge in [-0.1, -0.05) is 35.9 Å². The van der Waals surface area contributed by atoms with E-state index in [-0.39, 0.29) is 0 Å². The maximum Gasteiger partial charge on any atom is 0.0447 e. The van der Waals surface area contributed by atoms with Crippen LogP contribution < -0.4 is 0 Å². The highest BCUT2D eigenvalue weighted by Crippen LogP contribution is 2.26. The molecule has 50 valence electrons. The smallest absolute Gasteiger partial charge is 0.0447 e. The zero-order valence-electron chi connectivity index (χ0n) is 5.47. The van der Waals surface area contributed by atoms with Gasteiger partial charge in [-0.3, -0.25) is 0 Å². The van der Waals surface area contributed by atoms with Crippen molar-refractivity contribution in [1.29, 1.82) is 0 Å². The fourth-order valence-electron chi connectivity index (χ4n) is 1.25. The second kappa shape index (κ2) is 2.14. The summed E-state index contributed by atoms with van der Waals surface area (Å²) in [5.41, 5.74) is 2.54. The second-order valence-electron chi connectivity index (χ2n) is 2.41. The summed E-state index contributed by atoms with van der Waals surface area (Å²) < 4.78 is 0. The molecule has 0 radical (unpaired) electrons. The minimum Gasteiger partial charge on any atom is -0.0840 e. The first-order chi connectivity index (χ1) is 4.88. The lowest BCUT2D eigenvalue weighted by molar-refractivity contribution is 1.31. The lowest BCUT2D eigenvalue weighted by atomic mass is 10.1. The van der Waals surface area contributed by atoms with Gasteiger partial charge < -0.3 is 0 Å². The fourth-order valence-corrected chi connectivity index (χ4v) is 1.51. The zero-order valence-corrected chi connectivity index (χ0v) is 6.23. The summed E-state index contributed by atoms with van der Waals surface area (Å²) in [4.78, 5) is 0. The lowest BCUT2D eigenvalue weighted by Gasteiger charge is -1.98. The number of benzene rings is 1. The first kappa shape index (κ1) is 5.99. The van der Waals surface area contributed by atoms with Crippen LogP contribution in [0.4, 0.5) is 0 Å². The molecule has 0 saturated heterocycles. The highest BCUT2D eigenvalue weighted by atomic mass is 35.5. The van der Waals surface area contributed by atoms with Crippen LogP contribution in [0.1, 0.15) is 11.1 Å². The summed E-state index contributed by atoms with van der Waals surface area (Å²) in [6, 6.07) is 6.01. The third-order valence-corrected chi connectivity index (χ3v) is 2.13. The Kier molecular flexibility index (Phi) is 1.28. The van der Waals surface area contributed by atoms with E-state index in [0.29, 0.717) is 0 Å². The molecule has 0 amide bonds. The third-order valence-electron chi connectivity index (χ3n) is 1.77. The highest BCUT2D eigenvalue weighted by Gasteiger charge is 2.06. The molecule has 0 bridgehead atoms. The topological polar surface area (TPSA) is 0 Å². The monoisotopic (exact) mass is 150 g/mol. The van der Waals surface area contributed by atoms with Gasteiger partial charge in [-0.15, -0.1) is 0 Å². The molecule has 1 aromatic rings. The quantitative estimate of drug-likeness (QED) is 0.534. The highest BCUT2D eigenvalue weighted by molar-refractivity contribution is 6.31. The lowest BCUT2D eigenvalue weighted by Crippen LogP contribution is -1.80. The van der Waals surface area contributed by atoms with Gasteiger partial charge in [0.15, 0.2) is 0 Å². The average Bonchev–Trinajstić information content (AvgIpc) is 2.36. The number of hydrogen-bond acceptors (Lipinski definition) is 0. The number of hydrogen-bond donors (Lipinski definition) is 0. The summed E-state index contributed by atoms with van der Waals surface area (Å²) in [6.07, 6.45) is 5.24. The Hall–Kier alpha value is -0.750. The first-order valence-corrected chi connectivity index (χ1v) is 3.69. The van der Waals surface area contributed by atoms with Crippen LogP contribution in [-0.2, 0) is 6.42 Å². The van der Waals surface area contributed by atoms with Gasteiger partial charge in [0.05, 0.1) is 0 Å². The van der Waals surface area contributed by atoms with Gasteiger partial charge in [0, 0.05) is 5.02 Å². The Morgan fingerprint density at radius 3 is 3.00 bits per heavy atom. The molecule has 0 nitrogen and oxygen atoms in total. The molecule has 0 spiro atoms. The number of rotatable bonds is 0. The van der Waals surface area contributed by atoms with Crippen molar-refractivity contribution in [3.05, 3.63) is 40.4 Å². The number of fused-ring (bicyclic) bond motifs is 1. The Labute approximate surface area is 65.1 Å². The summed E-state index contributed by atoms with van der Waals surface area (Å²) in [6.45, 7) is 0. The van der Waals surface area contributed by atoms with Crippen molar-refractivity contribution in [2.24, 2.45) is 0 Å². The van der Waals surface area contributed by atoms with Gasteiger partial charge in [-0.05, 0) is 23.6 Å². The van der Waals surface area contributed by atoms with Crippen LogP contribution in [0.5, 0.6) is 0 Å². The molecular weight excluding hydrogens is 144 g/mol. The summed E-state index contributed by atoms with van der Waals surface area (Å²) >= 11 is 5.93. The molecular formula is C9H7Cl. The standard InChI is InChI=1S/C9H7Cl/c10-9-6-2-4-7-3-1-5-8(7)9/h1-4,6H,5H2. The van der Waals surface area contributed by atoms with Crippen LogP contribution in [0.3, 0.4) is 0 Å². The summed E-state index contributed by atoms with van der Waals surface area (Å²) in [5, 5.41) is 0.891. The van der Waals surface area contributed by atoms with Gasteiger partial charge >= 0.3 is 0 Å². The predicted molar refractivity (Wildman–Crippen MR) is 44.2 cm³/mol. The minimum absolute atomic E-state index is 0.891. The Balaban J connectivity index is 2.66. The molecule has 0 aliphatic heterocycles. The maximum absolute atomic E-state index is 5.93. The second-order valence-corrected chi connectivity index (χ2v) is 2.82. The van der Waals surface area contributed by atoms with E-state index in [4.69, 9.17) is 11.6 Å². The molecule has 0 saturated carbocycles. The Morgan fingerprint density at radius 2 is 2.20 bits per heavy atom. The van der Waals surface area contributed by atoms with Gasteiger partial charge in [0.2, 0.25) is 0 Å². The van der Waals surface area contributed by atoms with Crippen LogP contribution in [0.15, 0.2) is 24.3 Å². The first-order valence-electron chi connectivity index (χ1n) is 3.32. The van der Waals surface area contributed by atoms with E-state index in [0.717, 1.165) is 11.4 Å². The van der Waals surface area contributed by atoms with Crippen LogP contribution in [0.2, 0.25) is 5.02 Å². The van der Waals surface area contributed by atoms with Crippen LogP contribution in [0.25, 0.3) is 6.08 Å². The van der Waals surface area contributed by atoms with Gasteiger partial charge in [-0.2, -0.15) is 0 Å². The van der Waals surface area contributed by atoms with E-state index in [1.165, 1.54) is 11.1 Å². The van der Waals surface area contributed by atoms with E-state index in [2.05, 4.69) is 18.2 Å². The Bertz CT molecular complexity index is 287. The van der Waals surface area contributed by atoms with Crippen LogP contribution in [-0.4, -0.2) is 0 Å².